The molecule has 0 aliphatic carbocycles. The number of methoxy groups -OCH3 is 1. The summed E-state index contributed by atoms with van der Waals surface area (Å²) in [6.07, 6.45) is 0.123. The molecule has 2 saturated heterocycles. The summed E-state index contributed by atoms with van der Waals surface area (Å²) in [5.41, 5.74) is -0.311. The average molecular weight is 440 g/mol. The van der Waals surface area contributed by atoms with E-state index in [0.29, 0.717) is 13.1 Å². The molecule has 10 heteroatoms. The standard InChI is InChI=1S/C20H29N3O6S/c1-21-12-14-23(15-13-21)30-29-28-20(18(24)26-2)8-10-22(11-9-20)19(25)27-16-17-6-4-3-5-7-17/h3-7H,8-16H2,1-2H3. The van der Waals surface area contributed by atoms with Crippen LogP contribution in [0.25, 0.3) is 0 Å². The zero-order chi connectivity index (χ0) is 21.4. The fraction of sp³-hybridized carbons (Fsp3) is 0.600. The molecule has 1 amide bonds. The molecule has 1 aromatic carbocycles. The summed E-state index contributed by atoms with van der Waals surface area (Å²) in [4.78, 5) is 34.2. The van der Waals surface area contributed by atoms with E-state index in [2.05, 4.69) is 11.9 Å². The van der Waals surface area contributed by atoms with Crippen LogP contribution in [0.5, 0.6) is 0 Å². The van der Waals surface area contributed by atoms with Gasteiger partial charge in [0, 0.05) is 52.1 Å². The van der Waals surface area contributed by atoms with Crippen molar-refractivity contribution < 1.29 is 28.3 Å². The fourth-order valence-electron chi connectivity index (χ4n) is 3.35. The Bertz CT molecular complexity index is 691. The highest BCUT2D eigenvalue weighted by Crippen LogP contribution is 2.31. The van der Waals surface area contributed by atoms with Crippen LogP contribution in [0.2, 0.25) is 0 Å². The van der Waals surface area contributed by atoms with E-state index in [0.717, 1.165) is 44.0 Å². The van der Waals surface area contributed by atoms with E-state index in [-0.39, 0.29) is 19.4 Å². The minimum absolute atomic E-state index is 0.208. The monoisotopic (exact) mass is 439 g/mol. The minimum Gasteiger partial charge on any atom is -0.467 e. The third kappa shape index (κ3) is 6.08. The highest BCUT2D eigenvalue weighted by Gasteiger charge is 2.47. The van der Waals surface area contributed by atoms with E-state index in [1.54, 1.807) is 4.90 Å². The predicted molar refractivity (Wildman–Crippen MR) is 111 cm³/mol. The lowest BCUT2D eigenvalue weighted by atomic mass is 9.91. The average Bonchev–Trinajstić information content (AvgIpc) is 2.79. The molecule has 30 heavy (non-hydrogen) atoms. The van der Waals surface area contributed by atoms with Gasteiger partial charge in [-0.25, -0.2) is 18.8 Å². The number of likely N-dealkylation sites (tertiary alicyclic amines) is 1. The largest absolute Gasteiger partial charge is 0.467 e. The van der Waals surface area contributed by atoms with Crippen molar-refractivity contribution in [2.24, 2.45) is 0 Å². The lowest BCUT2D eigenvalue weighted by Gasteiger charge is -2.37. The second kappa shape index (κ2) is 11.0. The van der Waals surface area contributed by atoms with Crippen LogP contribution in [0.3, 0.4) is 0 Å². The summed E-state index contributed by atoms with van der Waals surface area (Å²) in [5, 5.41) is 0. The maximum absolute atomic E-state index is 12.4. The summed E-state index contributed by atoms with van der Waals surface area (Å²) in [6.45, 7) is 4.40. The van der Waals surface area contributed by atoms with E-state index < -0.39 is 17.7 Å². The molecule has 9 nitrogen and oxygen atoms in total. The number of rotatable bonds is 7. The number of benzene rings is 1. The molecule has 0 radical (unpaired) electrons. The van der Waals surface area contributed by atoms with Crippen molar-refractivity contribution in [1.29, 1.82) is 0 Å². The SMILES string of the molecule is COC(=O)C1(OOSN2CCN(C)CC2)CCN(C(=O)OCc2ccccc2)CC1. The van der Waals surface area contributed by atoms with Crippen molar-refractivity contribution in [1.82, 2.24) is 14.1 Å². The molecule has 2 heterocycles. The summed E-state index contributed by atoms with van der Waals surface area (Å²) < 4.78 is 17.7. The Morgan fingerprint density at radius 3 is 2.33 bits per heavy atom. The van der Waals surface area contributed by atoms with Gasteiger partial charge in [0.1, 0.15) is 18.8 Å². The number of carbonyl (C=O) groups excluding carboxylic acids is 2. The molecule has 1 aromatic rings. The number of likely N-dealkylation sites (N-methyl/N-ethyl adjacent to an activating group) is 1. The van der Waals surface area contributed by atoms with Gasteiger partial charge in [-0.15, -0.1) is 4.33 Å². The number of ether oxygens (including phenoxy) is 2. The predicted octanol–water partition coefficient (Wildman–Crippen LogP) is 2.09. The second-order valence-electron chi connectivity index (χ2n) is 7.47. The van der Waals surface area contributed by atoms with Crippen molar-refractivity contribution in [2.75, 3.05) is 53.4 Å². The minimum atomic E-state index is -1.23. The quantitative estimate of drug-likeness (QED) is 0.209. The number of carbonyl (C=O) groups is 2. The second-order valence-corrected chi connectivity index (χ2v) is 8.27. The maximum atomic E-state index is 12.4. The molecule has 0 saturated carbocycles. The van der Waals surface area contributed by atoms with Gasteiger partial charge in [0.25, 0.3) is 0 Å². The third-order valence-electron chi connectivity index (χ3n) is 5.38. The number of hydrogen-bond acceptors (Lipinski definition) is 9. The first-order chi connectivity index (χ1) is 14.5. The van der Waals surface area contributed by atoms with Gasteiger partial charge in [-0.1, -0.05) is 30.3 Å². The number of piperidine rings is 1. The molecule has 0 atom stereocenters. The Balaban J connectivity index is 1.47. The van der Waals surface area contributed by atoms with Crippen molar-refractivity contribution in [3.8, 4) is 0 Å². The van der Waals surface area contributed by atoms with Crippen molar-refractivity contribution >= 4 is 24.3 Å². The van der Waals surface area contributed by atoms with Gasteiger partial charge < -0.3 is 19.3 Å². The number of amides is 1. The number of esters is 1. The summed E-state index contributed by atoms with van der Waals surface area (Å²) >= 11 is 1.10. The van der Waals surface area contributed by atoms with Crippen LogP contribution in [0, 0.1) is 0 Å². The fourth-order valence-corrected chi connectivity index (χ4v) is 3.91. The maximum Gasteiger partial charge on any atom is 0.410 e. The van der Waals surface area contributed by atoms with Gasteiger partial charge in [0.05, 0.1) is 7.11 Å². The van der Waals surface area contributed by atoms with Crippen molar-refractivity contribution in [3.05, 3.63) is 35.9 Å². The normalized spacial score (nSPS) is 20.0. The van der Waals surface area contributed by atoms with Crippen LogP contribution in [0.4, 0.5) is 4.79 Å². The first kappa shape index (κ1) is 22.8. The molecule has 0 bridgehead atoms. The van der Waals surface area contributed by atoms with Gasteiger partial charge >= 0.3 is 12.1 Å². The summed E-state index contributed by atoms with van der Waals surface area (Å²) in [5.74, 6) is -0.501. The molecule has 2 aliphatic heterocycles. The molecule has 2 fully saturated rings. The summed E-state index contributed by atoms with van der Waals surface area (Å²) in [7, 11) is 3.39. The molecule has 2 aliphatic rings. The molecular formula is C20H29N3O6S. The van der Waals surface area contributed by atoms with Crippen LogP contribution in [0.15, 0.2) is 30.3 Å². The molecule has 166 valence electrons. The Kier molecular flexibility index (Phi) is 8.34. The van der Waals surface area contributed by atoms with Crippen LogP contribution in [-0.4, -0.2) is 85.2 Å². The van der Waals surface area contributed by atoms with E-state index in [4.69, 9.17) is 18.7 Å². The van der Waals surface area contributed by atoms with Crippen LogP contribution in [0.1, 0.15) is 18.4 Å². The molecular weight excluding hydrogens is 410 g/mol. The molecule has 0 unspecified atom stereocenters. The lowest BCUT2D eigenvalue weighted by Crippen LogP contribution is -2.53. The van der Waals surface area contributed by atoms with E-state index in [9.17, 15) is 9.59 Å². The molecule has 0 aromatic heterocycles. The van der Waals surface area contributed by atoms with Crippen LogP contribution < -0.4 is 0 Å². The van der Waals surface area contributed by atoms with Gasteiger partial charge in [0.15, 0.2) is 0 Å². The topological polar surface area (TPSA) is 80.8 Å². The van der Waals surface area contributed by atoms with Gasteiger partial charge in [0.2, 0.25) is 5.60 Å². The van der Waals surface area contributed by atoms with Gasteiger partial charge in [-0.05, 0) is 12.6 Å². The zero-order valence-electron chi connectivity index (χ0n) is 17.5. The Morgan fingerprint density at radius 2 is 1.70 bits per heavy atom. The van der Waals surface area contributed by atoms with E-state index >= 15 is 0 Å². The first-order valence-electron chi connectivity index (χ1n) is 10.0. The van der Waals surface area contributed by atoms with Crippen molar-refractivity contribution in [2.45, 2.75) is 25.0 Å². The van der Waals surface area contributed by atoms with Crippen LogP contribution >= 0.6 is 12.2 Å². The zero-order valence-corrected chi connectivity index (χ0v) is 18.3. The Morgan fingerprint density at radius 1 is 1.03 bits per heavy atom. The third-order valence-corrected chi connectivity index (χ3v) is 6.09. The Hall–Kier alpha value is -1.85. The van der Waals surface area contributed by atoms with E-state index in [1.165, 1.54) is 7.11 Å². The molecule has 0 spiro atoms. The van der Waals surface area contributed by atoms with Crippen LogP contribution in [-0.2, 0) is 30.1 Å². The number of hydrogen-bond donors (Lipinski definition) is 0. The Labute approximate surface area is 181 Å². The number of nitrogens with zero attached hydrogens (tertiary/aromatic N) is 3. The number of piperazine rings is 1. The first-order valence-corrected chi connectivity index (χ1v) is 10.7. The van der Waals surface area contributed by atoms with E-state index in [1.807, 2.05) is 34.6 Å². The highest BCUT2D eigenvalue weighted by atomic mass is 32.2. The highest BCUT2D eigenvalue weighted by molar-refractivity contribution is 7.92. The smallest absolute Gasteiger partial charge is 0.410 e. The lowest BCUT2D eigenvalue weighted by molar-refractivity contribution is -0.290. The summed E-state index contributed by atoms with van der Waals surface area (Å²) in [6, 6.07) is 9.49. The molecule has 0 N–H and O–H groups in total. The van der Waals surface area contributed by atoms with Gasteiger partial charge in [-0.3, -0.25) is 0 Å². The molecule has 3 rings (SSSR count). The van der Waals surface area contributed by atoms with Crippen molar-refractivity contribution in [3.63, 3.8) is 0 Å². The van der Waals surface area contributed by atoms with Gasteiger partial charge in [-0.2, -0.15) is 0 Å².